The zero-order valence-corrected chi connectivity index (χ0v) is 15.5. The summed E-state index contributed by atoms with van der Waals surface area (Å²) < 4.78 is 11.3. The number of rotatable bonds is 6. The van der Waals surface area contributed by atoms with Crippen LogP contribution in [0, 0.1) is 0 Å². The Kier molecular flexibility index (Phi) is 6.91. The van der Waals surface area contributed by atoms with Crippen LogP contribution < -0.4 is 5.73 Å². The molecule has 1 atom stereocenters. The van der Waals surface area contributed by atoms with E-state index in [-0.39, 0.29) is 17.0 Å². The Bertz CT molecular complexity index is 316. The number of esters is 1. The zero-order chi connectivity index (χ0) is 16.2. The van der Waals surface area contributed by atoms with Crippen LogP contribution >= 0.6 is 0 Å². The van der Waals surface area contributed by atoms with Crippen molar-refractivity contribution in [2.45, 2.75) is 84.2 Å². The predicted octanol–water partition coefficient (Wildman–Crippen LogP) is 3.46. The van der Waals surface area contributed by atoms with Gasteiger partial charge in [-0.1, -0.05) is 20.8 Å². The van der Waals surface area contributed by atoms with Crippen molar-refractivity contribution in [3.05, 3.63) is 0 Å². The van der Waals surface area contributed by atoms with Gasteiger partial charge in [-0.25, -0.2) is 0 Å². The van der Waals surface area contributed by atoms with Gasteiger partial charge in [-0.2, -0.15) is 0 Å². The Morgan fingerprint density at radius 3 is 2.05 bits per heavy atom. The lowest BCUT2D eigenvalue weighted by Gasteiger charge is -2.36. The van der Waals surface area contributed by atoms with Crippen molar-refractivity contribution in [3.63, 3.8) is 0 Å². The maximum Gasteiger partial charge on any atom is 0.306 e. The number of hydrogen-bond acceptors (Lipinski definition) is 4. The van der Waals surface area contributed by atoms with Gasteiger partial charge in [-0.3, -0.25) is 4.79 Å². The molecule has 0 rings (SSSR count). The second-order valence-electron chi connectivity index (χ2n) is 7.96. The average Bonchev–Trinajstić information content (AvgIpc) is 2.19. The molecule has 0 saturated carbocycles. The summed E-state index contributed by atoms with van der Waals surface area (Å²) in [6.45, 7) is 17.1. The SMILES string of the molecule is CC(C)(C)OC(=O)CC[C@H](N)CO[Si](C)(C)C(C)(C)C. The first-order valence-electron chi connectivity index (χ1n) is 7.36. The Labute approximate surface area is 125 Å². The van der Waals surface area contributed by atoms with Gasteiger partial charge in [0.2, 0.25) is 0 Å². The molecule has 20 heavy (non-hydrogen) atoms. The summed E-state index contributed by atoms with van der Waals surface area (Å²) in [5.41, 5.74) is 5.59. The monoisotopic (exact) mass is 303 g/mol. The third-order valence-corrected chi connectivity index (χ3v) is 8.10. The Balaban J connectivity index is 4.08. The van der Waals surface area contributed by atoms with Crippen LogP contribution in [-0.2, 0) is 14.0 Å². The molecule has 2 N–H and O–H groups in total. The Morgan fingerprint density at radius 2 is 1.65 bits per heavy atom. The molecule has 0 aliphatic rings. The van der Waals surface area contributed by atoms with Gasteiger partial charge in [0.15, 0.2) is 8.32 Å². The van der Waals surface area contributed by atoms with Gasteiger partial charge in [0.1, 0.15) is 5.60 Å². The molecule has 0 spiro atoms. The molecule has 0 saturated heterocycles. The summed E-state index contributed by atoms with van der Waals surface area (Å²) in [7, 11) is -1.76. The van der Waals surface area contributed by atoms with E-state index < -0.39 is 13.9 Å². The van der Waals surface area contributed by atoms with E-state index in [1.807, 2.05) is 20.8 Å². The van der Waals surface area contributed by atoms with E-state index in [4.69, 9.17) is 14.9 Å². The smallest absolute Gasteiger partial charge is 0.306 e. The highest BCUT2D eigenvalue weighted by Gasteiger charge is 2.37. The van der Waals surface area contributed by atoms with Crippen LogP contribution in [0.4, 0.5) is 0 Å². The molecular weight excluding hydrogens is 270 g/mol. The van der Waals surface area contributed by atoms with Gasteiger partial charge >= 0.3 is 5.97 Å². The van der Waals surface area contributed by atoms with Crippen molar-refractivity contribution in [3.8, 4) is 0 Å². The first-order valence-corrected chi connectivity index (χ1v) is 10.3. The largest absolute Gasteiger partial charge is 0.460 e. The van der Waals surface area contributed by atoms with Crippen molar-refractivity contribution in [2.24, 2.45) is 5.73 Å². The van der Waals surface area contributed by atoms with Gasteiger partial charge in [0, 0.05) is 19.1 Å². The molecule has 0 aromatic carbocycles. The Hall–Kier alpha value is -0.393. The molecule has 0 amide bonds. The van der Waals surface area contributed by atoms with Gasteiger partial charge in [0.05, 0.1) is 0 Å². The van der Waals surface area contributed by atoms with Gasteiger partial charge in [-0.15, -0.1) is 0 Å². The third kappa shape index (κ3) is 8.02. The van der Waals surface area contributed by atoms with Crippen molar-refractivity contribution in [1.82, 2.24) is 0 Å². The number of nitrogens with two attached hydrogens (primary N) is 1. The van der Waals surface area contributed by atoms with E-state index in [1.54, 1.807) is 0 Å². The van der Waals surface area contributed by atoms with Crippen molar-refractivity contribution < 1.29 is 14.0 Å². The lowest BCUT2D eigenvalue weighted by molar-refractivity contribution is -0.155. The van der Waals surface area contributed by atoms with Crippen LogP contribution in [-0.4, -0.2) is 32.5 Å². The highest BCUT2D eigenvalue weighted by molar-refractivity contribution is 6.74. The summed E-state index contributed by atoms with van der Waals surface area (Å²) in [4.78, 5) is 11.6. The number of hydrogen-bond donors (Lipinski definition) is 1. The van der Waals surface area contributed by atoms with E-state index in [2.05, 4.69) is 33.9 Å². The molecule has 0 aromatic rings. The van der Waals surface area contributed by atoms with Crippen LogP contribution in [0.1, 0.15) is 54.4 Å². The molecule has 0 aromatic heterocycles. The quantitative estimate of drug-likeness (QED) is 0.603. The van der Waals surface area contributed by atoms with Crippen molar-refractivity contribution in [2.75, 3.05) is 6.61 Å². The molecule has 0 aliphatic heterocycles. The molecule has 0 bridgehead atoms. The van der Waals surface area contributed by atoms with Gasteiger partial charge in [0.25, 0.3) is 0 Å². The van der Waals surface area contributed by atoms with E-state index in [9.17, 15) is 4.79 Å². The highest BCUT2D eigenvalue weighted by Crippen LogP contribution is 2.36. The van der Waals surface area contributed by atoms with Crippen LogP contribution in [0.25, 0.3) is 0 Å². The van der Waals surface area contributed by atoms with E-state index in [0.717, 1.165) is 0 Å². The summed E-state index contributed by atoms with van der Waals surface area (Å²) in [5, 5.41) is 0.178. The summed E-state index contributed by atoms with van der Waals surface area (Å²) >= 11 is 0. The average molecular weight is 304 g/mol. The number of carbonyl (C=O) groups is 1. The second-order valence-corrected chi connectivity index (χ2v) is 12.8. The molecule has 4 nitrogen and oxygen atoms in total. The molecule has 0 radical (unpaired) electrons. The van der Waals surface area contributed by atoms with Crippen molar-refractivity contribution >= 4 is 14.3 Å². The minimum atomic E-state index is -1.76. The maximum absolute atomic E-state index is 11.6. The fourth-order valence-corrected chi connectivity index (χ4v) is 2.37. The van der Waals surface area contributed by atoms with Crippen molar-refractivity contribution in [1.29, 1.82) is 0 Å². The first-order chi connectivity index (χ1) is 8.74. The predicted molar refractivity (Wildman–Crippen MR) is 86.2 cm³/mol. The molecule has 0 unspecified atom stereocenters. The van der Waals surface area contributed by atoms with Crippen LogP contribution in [0.5, 0.6) is 0 Å². The number of carbonyl (C=O) groups excluding carboxylic acids is 1. The van der Waals surface area contributed by atoms with Crippen LogP contribution in [0.3, 0.4) is 0 Å². The topological polar surface area (TPSA) is 61.5 Å². The lowest BCUT2D eigenvalue weighted by atomic mass is 10.1. The first kappa shape index (κ1) is 19.6. The van der Waals surface area contributed by atoms with E-state index in [1.165, 1.54) is 0 Å². The molecular formula is C15H33NO3Si. The van der Waals surface area contributed by atoms with Crippen LogP contribution in [0.2, 0.25) is 18.1 Å². The third-order valence-electron chi connectivity index (χ3n) is 3.60. The molecule has 0 fully saturated rings. The summed E-state index contributed by atoms with van der Waals surface area (Å²) in [5.74, 6) is -0.194. The zero-order valence-electron chi connectivity index (χ0n) is 14.5. The highest BCUT2D eigenvalue weighted by atomic mass is 28.4. The van der Waals surface area contributed by atoms with E-state index in [0.29, 0.717) is 19.4 Å². The van der Waals surface area contributed by atoms with Gasteiger partial charge < -0.3 is 14.9 Å². The summed E-state index contributed by atoms with van der Waals surface area (Å²) in [6, 6.07) is -0.114. The lowest BCUT2D eigenvalue weighted by Crippen LogP contribution is -2.44. The summed E-state index contributed by atoms with van der Waals surface area (Å²) in [6.07, 6.45) is 0.947. The molecule has 120 valence electrons. The minimum Gasteiger partial charge on any atom is -0.460 e. The minimum absolute atomic E-state index is 0.114. The molecule has 5 heteroatoms. The maximum atomic E-state index is 11.6. The Morgan fingerprint density at radius 1 is 1.15 bits per heavy atom. The molecule has 0 heterocycles. The fourth-order valence-electron chi connectivity index (χ4n) is 1.31. The molecule has 0 aliphatic carbocycles. The van der Waals surface area contributed by atoms with E-state index >= 15 is 0 Å². The second kappa shape index (κ2) is 7.05. The number of ether oxygens (including phenoxy) is 1. The normalized spacial score (nSPS) is 15.1. The standard InChI is InChI=1S/C15H33NO3Si/c1-14(2,3)19-13(17)10-9-12(16)11-18-20(7,8)15(4,5)6/h12H,9-11,16H2,1-8H3/t12-/m0/s1. The van der Waals surface area contributed by atoms with Crippen LogP contribution in [0.15, 0.2) is 0 Å². The van der Waals surface area contributed by atoms with Gasteiger partial charge in [-0.05, 0) is 45.3 Å². The fraction of sp³-hybridized carbons (Fsp3) is 0.933.